The van der Waals surface area contributed by atoms with E-state index in [1.165, 1.54) is 0 Å². The summed E-state index contributed by atoms with van der Waals surface area (Å²) in [6.07, 6.45) is 1.21. The summed E-state index contributed by atoms with van der Waals surface area (Å²) < 4.78 is 38.0. The van der Waals surface area contributed by atoms with Gasteiger partial charge in [-0.05, 0) is 12.5 Å². The van der Waals surface area contributed by atoms with Crippen molar-refractivity contribution >= 4 is 5.78 Å². The molecule has 0 amide bonds. The zero-order chi connectivity index (χ0) is 13.6. The van der Waals surface area contributed by atoms with Crippen LogP contribution in [0.15, 0.2) is 18.5 Å². The third-order valence-corrected chi connectivity index (χ3v) is 2.68. The minimum atomic E-state index is -4.50. The van der Waals surface area contributed by atoms with Crippen LogP contribution in [0.25, 0.3) is 0 Å². The maximum Gasteiger partial charge on any atom is 0.417 e. The van der Waals surface area contributed by atoms with Crippen molar-refractivity contribution in [2.24, 2.45) is 0 Å². The van der Waals surface area contributed by atoms with E-state index in [-0.39, 0.29) is 12.0 Å². The van der Waals surface area contributed by atoms with Crippen molar-refractivity contribution in [2.75, 3.05) is 0 Å². The number of hydrogen-bond acceptors (Lipinski definition) is 2. The summed E-state index contributed by atoms with van der Waals surface area (Å²) >= 11 is 0. The number of carbonyl (C=O) groups is 1. The highest BCUT2D eigenvalue weighted by molar-refractivity contribution is 5.97. The average Bonchev–Trinajstić information content (AvgIpc) is 2.33. The Labute approximate surface area is 104 Å². The third kappa shape index (κ3) is 4.13. The standard InChI is InChI=1S/C13H16F3NO/c1-2-3-4-5-6-12(18)10-9-17-8-7-11(10)13(14,15)16/h7-9H,2-6H2,1H3. The molecule has 5 heteroatoms. The molecule has 0 aliphatic heterocycles. The van der Waals surface area contributed by atoms with Crippen molar-refractivity contribution < 1.29 is 18.0 Å². The van der Waals surface area contributed by atoms with Crippen molar-refractivity contribution in [3.63, 3.8) is 0 Å². The van der Waals surface area contributed by atoms with E-state index in [2.05, 4.69) is 4.98 Å². The Hall–Kier alpha value is -1.39. The van der Waals surface area contributed by atoms with Gasteiger partial charge in [0.15, 0.2) is 5.78 Å². The summed E-state index contributed by atoms with van der Waals surface area (Å²) in [5.74, 6) is -0.480. The Morgan fingerprint density at radius 3 is 2.61 bits per heavy atom. The molecule has 0 fully saturated rings. The van der Waals surface area contributed by atoms with Gasteiger partial charge in [0.25, 0.3) is 0 Å². The highest BCUT2D eigenvalue weighted by atomic mass is 19.4. The van der Waals surface area contributed by atoms with Crippen LogP contribution < -0.4 is 0 Å². The minimum Gasteiger partial charge on any atom is -0.294 e. The molecule has 0 saturated heterocycles. The van der Waals surface area contributed by atoms with Crippen molar-refractivity contribution in [1.82, 2.24) is 4.98 Å². The fraction of sp³-hybridized carbons (Fsp3) is 0.538. The molecule has 0 N–H and O–H groups in total. The molecule has 0 unspecified atom stereocenters. The maximum atomic E-state index is 12.7. The Balaban J connectivity index is 2.74. The van der Waals surface area contributed by atoms with Gasteiger partial charge in [0.1, 0.15) is 0 Å². The molecule has 0 bridgehead atoms. The van der Waals surface area contributed by atoms with Crippen LogP contribution in [0.1, 0.15) is 54.9 Å². The molecule has 0 saturated carbocycles. The van der Waals surface area contributed by atoms with E-state index in [1.54, 1.807) is 0 Å². The van der Waals surface area contributed by atoms with Gasteiger partial charge in [0.05, 0.1) is 5.56 Å². The quantitative estimate of drug-likeness (QED) is 0.564. The van der Waals surface area contributed by atoms with E-state index >= 15 is 0 Å². The molecule has 1 rings (SSSR count). The zero-order valence-electron chi connectivity index (χ0n) is 10.3. The number of hydrogen-bond donors (Lipinski definition) is 0. The molecule has 100 valence electrons. The van der Waals surface area contributed by atoms with E-state index in [4.69, 9.17) is 0 Å². The van der Waals surface area contributed by atoms with Crippen LogP contribution >= 0.6 is 0 Å². The molecule has 0 aromatic carbocycles. The zero-order valence-corrected chi connectivity index (χ0v) is 10.3. The fourth-order valence-electron chi connectivity index (χ4n) is 1.71. The van der Waals surface area contributed by atoms with Gasteiger partial charge in [-0.2, -0.15) is 13.2 Å². The van der Waals surface area contributed by atoms with Gasteiger partial charge in [0.2, 0.25) is 0 Å². The molecule has 0 atom stereocenters. The first-order chi connectivity index (χ1) is 8.46. The molecule has 18 heavy (non-hydrogen) atoms. The fourth-order valence-corrected chi connectivity index (χ4v) is 1.71. The molecular formula is C13H16F3NO. The van der Waals surface area contributed by atoms with Crippen molar-refractivity contribution in [1.29, 1.82) is 0 Å². The monoisotopic (exact) mass is 259 g/mol. The summed E-state index contributed by atoms with van der Waals surface area (Å²) in [6, 6.07) is 0.847. The van der Waals surface area contributed by atoms with Gasteiger partial charge in [-0.3, -0.25) is 9.78 Å². The molecular weight excluding hydrogens is 243 g/mol. The topological polar surface area (TPSA) is 30.0 Å². The minimum absolute atomic E-state index is 0.148. The van der Waals surface area contributed by atoms with Crippen LogP contribution in [0, 0.1) is 0 Å². The Bertz CT molecular complexity index is 401. The number of unbranched alkanes of at least 4 members (excludes halogenated alkanes) is 3. The largest absolute Gasteiger partial charge is 0.417 e. The highest BCUT2D eigenvalue weighted by Gasteiger charge is 2.34. The van der Waals surface area contributed by atoms with Crippen LogP contribution in [0.5, 0.6) is 0 Å². The first-order valence-corrected chi connectivity index (χ1v) is 6.01. The second-order valence-electron chi connectivity index (χ2n) is 4.15. The summed E-state index contributed by atoms with van der Waals surface area (Å²) in [5.41, 5.74) is -1.21. The first kappa shape index (κ1) is 14.7. The number of ketones is 1. The van der Waals surface area contributed by atoms with E-state index in [0.717, 1.165) is 37.7 Å². The lowest BCUT2D eigenvalue weighted by Gasteiger charge is -2.11. The number of pyridine rings is 1. The number of Topliss-reactive ketones (excluding diaryl/α,β-unsaturated/α-hetero) is 1. The second kappa shape index (κ2) is 6.52. The maximum absolute atomic E-state index is 12.7. The third-order valence-electron chi connectivity index (χ3n) is 2.68. The van der Waals surface area contributed by atoms with Gasteiger partial charge in [0, 0.05) is 24.4 Å². The van der Waals surface area contributed by atoms with Crippen molar-refractivity contribution in [2.45, 2.75) is 45.2 Å². The number of halogens is 3. The van der Waals surface area contributed by atoms with Crippen LogP contribution in [0.2, 0.25) is 0 Å². The van der Waals surface area contributed by atoms with Crippen molar-refractivity contribution in [3.8, 4) is 0 Å². The average molecular weight is 259 g/mol. The van der Waals surface area contributed by atoms with Gasteiger partial charge in [-0.1, -0.05) is 26.2 Å². The SMILES string of the molecule is CCCCCCC(=O)c1cnccc1C(F)(F)F. The predicted molar refractivity (Wildman–Crippen MR) is 62.3 cm³/mol. The molecule has 2 nitrogen and oxygen atoms in total. The number of aromatic nitrogens is 1. The lowest BCUT2D eigenvalue weighted by molar-refractivity contribution is -0.138. The predicted octanol–water partition coefficient (Wildman–Crippen LogP) is 4.25. The van der Waals surface area contributed by atoms with Gasteiger partial charge >= 0.3 is 6.18 Å². The molecule has 0 radical (unpaired) electrons. The summed E-state index contributed by atoms with van der Waals surface area (Å²) in [7, 11) is 0. The van der Waals surface area contributed by atoms with Gasteiger partial charge < -0.3 is 0 Å². The molecule has 0 spiro atoms. The molecule has 1 aromatic rings. The summed E-state index contributed by atoms with van der Waals surface area (Å²) in [4.78, 5) is 15.3. The summed E-state index contributed by atoms with van der Waals surface area (Å²) in [6.45, 7) is 2.03. The highest BCUT2D eigenvalue weighted by Crippen LogP contribution is 2.32. The van der Waals surface area contributed by atoms with E-state index in [0.29, 0.717) is 6.42 Å². The Kier molecular flexibility index (Phi) is 5.31. The van der Waals surface area contributed by atoms with Gasteiger partial charge in [-0.25, -0.2) is 0 Å². The molecule has 0 aliphatic rings. The number of nitrogens with zero attached hydrogens (tertiary/aromatic N) is 1. The van der Waals surface area contributed by atoms with Crippen LogP contribution in [0.3, 0.4) is 0 Å². The molecule has 0 aliphatic carbocycles. The number of carbonyl (C=O) groups excluding carboxylic acids is 1. The second-order valence-corrected chi connectivity index (χ2v) is 4.15. The number of rotatable bonds is 6. The molecule has 1 heterocycles. The molecule has 1 aromatic heterocycles. The smallest absolute Gasteiger partial charge is 0.294 e. The van der Waals surface area contributed by atoms with Crippen LogP contribution in [-0.2, 0) is 6.18 Å². The van der Waals surface area contributed by atoms with Gasteiger partial charge in [-0.15, -0.1) is 0 Å². The Morgan fingerprint density at radius 2 is 2.00 bits per heavy atom. The van der Waals surface area contributed by atoms with E-state index in [9.17, 15) is 18.0 Å². The lowest BCUT2D eigenvalue weighted by atomic mass is 10.0. The first-order valence-electron chi connectivity index (χ1n) is 6.01. The number of alkyl halides is 3. The van der Waals surface area contributed by atoms with E-state index < -0.39 is 17.5 Å². The Morgan fingerprint density at radius 1 is 1.28 bits per heavy atom. The summed E-state index contributed by atoms with van der Waals surface area (Å²) in [5, 5.41) is 0. The van der Waals surface area contributed by atoms with E-state index in [1.807, 2.05) is 6.92 Å². The van der Waals surface area contributed by atoms with Crippen LogP contribution in [0.4, 0.5) is 13.2 Å². The van der Waals surface area contributed by atoms with Crippen molar-refractivity contribution in [3.05, 3.63) is 29.6 Å². The lowest BCUT2D eigenvalue weighted by Crippen LogP contribution is -2.13. The van der Waals surface area contributed by atoms with Crippen LogP contribution in [-0.4, -0.2) is 10.8 Å². The normalized spacial score (nSPS) is 11.6.